The highest BCUT2D eigenvalue weighted by Crippen LogP contribution is 2.26. The van der Waals surface area contributed by atoms with Crippen LogP contribution in [0.5, 0.6) is 0 Å². The van der Waals surface area contributed by atoms with Crippen molar-refractivity contribution in [2.24, 2.45) is 0 Å². The average Bonchev–Trinajstić information content (AvgIpc) is 2.69. The minimum Gasteiger partial charge on any atom is -0.341 e. The van der Waals surface area contributed by atoms with Crippen LogP contribution < -0.4 is 16.2 Å². The number of nitrogens with zero attached hydrogens (tertiary/aromatic N) is 2. The van der Waals surface area contributed by atoms with E-state index in [1.165, 1.54) is 14.0 Å². The van der Waals surface area contributed by atoms with Gasteiger partial charge in [-0.15, -0.1) is 0 Å². The summed E-state index contributed by atoms with van der Waals surface area (Å²) in [5, 5.41) is 3.82. The van der Waals surface area contributed by atoms with Crippen molar-refractivity contribution in [3.63, 3.8) is 0 Å². The minimum atomic E-state index is -0.950. The van der Waals surface area contributed by atoms with E-state index in [-0.39, 0.29) is 16.2 Å². The second-order valence-electron chi connectivity index (χ2n) is 5.98. The number of thioether (sulfide) groups is 1. The number of imide groups is 1. The maximum Gasteiger partial charge on any atom is 0.321 e. The zero-order valence-corrected chi connectivity index (χ0v) is 16.2. The Morgan fingerprint density at radius 3 is 2.59 bits per heavy atom. The fraction of sp³-hybridized carbons (Fsp3) is 0.158. The van der Waals surface area contributed by atoms with E-state index < -0.39 is 34.4 Å². The number of para-hydroxylation sites is 1. The molecule has 0 spiro atoms. The first kappa shape index (κ1) is 20.5. The summed E-state index contributed by atoms with van der Waals surface area (Å²) in [5.41, 5.74) is -0.406. The molecule has 10 heteroatoms. The summed E-state index contributed by atoms with van der Waals surface area (Å²) >= 11 is 0.867. The zero-order chi connectivity index (χ0) is 21.1. The molecule has 2 aromatic carbocycles. The van der Waals surface area contributed by atoms with Gasteiger partial charge in [0, 0.05) is 13.1 Å². The summed E-state index contributed by atoms with van der Waals surface area (Å²) in [6.07, 6.45) is 0. The van der Waals surface area contributed by atoms with Gasteiger partial charge in [-0.1, -0.05) is 23.9 Å². The summed E-state index contributed by atoms with van der Waals surface area (Å²) in [6, 6.07) is 8.61. The number of hydrogen-bond acceptors (Lipinski definition) is 5. The largest absolute Gasteiger partial charge is 0.341 e. The molecule has 0 aliphatic rings. The number of carbonyl (C=O) groups excluding carboxylic acids is 2. The van der Waals surface area contributed by atoms with E-state index in [9.17, 15) is 23.2 Å². The molecule has 0 aliphatic carbocycles. The quantitative estimate of drug-likeness (QED) is 0.502. The summed E-state index contributed by atoms with van der Waals surface area (Å²) < 4.78 is 28.8. The van der Waals surface area contributed by atoms with Crippen LogP contribution in [0, 0.1) is 11.6 Å². The smallest absolute Gasteiger partial charge is 0.321 e. The molecule has 1 unspecified atom stereocenters. The van der Waals surface area contributed by atoms with E-state index in [4.69, 9.17) is 0 Å². The first-order chi connectivity index (χ1) is 13.8. The van der Waals surface area contributed by atoms with E-state index in [1.807, 2.05) is 0 Å². The van der Waals surface area contributed by atoms with Crippen molar-refractivity contribution in [1.82, 2.24) is 20.2 Å². The van der Waals surface area contributed by atoms with Crippen molar-refractivity contribution < 1.29 is 18.4 Å². The first-order valence-electron chi connectivity index (χ1n) is 8.48. The number of halogens is 2. The molecule has 1 atom stereocenters. The van der Waals surface area contributed by atoms with E-state index in [0.29, 0.717) is 11.6 Å². The standard InChI is InChI=1S/C19H16F2N4O3S/c1-10(16(26)24-18(28)22-2)29-19-23-14-6-4-3-5-12(14)17(27)25(19)15-8-7-11(20)9-13(15)21/h3-10H,1-2H3,(H2,22,24,26,28). The number of nitrogens with one attached hydrogen (secondary N) is 2. The van der Waals surface area contributed by atoms with Crippen LogP contribution in [0.2, 0.25) is 0 Å². The maximum absolute atomic E-state index is 14.4. The third-order valence-corrected chi connectivity index (χ3v) is 5.06. The molecule has 150 valence electrons. The van der Waals surface area contributed by atoms with Crippen LogP contribution in [0.4, 0.5) is 13.6 Å². The van der Waals surface area contributed by atoms with Crippen LogP contribution in [-0.2, 0) is 4.79 Å². The van der Waals surface area contributed by atoms with Gasteiger partial charge in [0.05, 0.1) is 21.8 Å². The molecule has 0 fully saturated rings. The Labute approximate surface area is 168 Å². The van der Waals surface area contributed by atoms with Gasteiger partial charge in [-0.2, -0.15) is 0 Å². The Morgan fingerprint density at radius 2 is 1.90 bits per heavy atom. The van der Waals surface area contributed by atoms with Crippen LogP contribution in [0.1, 0.15) is 6.92 Å². The van der Waals surface area contributed by atoms with E-state index in [0.717, 1.165) is 28.5 Å². The van der Waals surface area contributed by atoms with Gasteiger partial charge in [-0.25, -0.2) is 18.6 Å². The molecule has 3 amide bonds. The lowest BCUT2D eigenvalue weighted by atomic mass is 10.2. The first-order valence-corrected chi connectivity index (χ1v) is 9.36. The number of benzene rings is 2. The van der Waals surface area contributed by atoms with Crippen molar-refractivity contribution in [3.8, 4) is 5.69 Å². The van der Waals surface area contributed by atoms with Crippen molar-refractivity contribution in [2.75, 3.05) is 7.05 Å². The Morgan fingerprint density at radius 1 is 1.17 bits per heavy atom. The van der Waals surface area contributed by atoms with Crippen molar-refractivity contribution >= 4 is 34.6 Å². The Balaban J connectivity index is 2.13. The van der Waals surface area contributed by atoms with Crippen LogP contribution in [-0.4, -0.2) is 33.8 Å². The average molecular weight is 418 g/mol. The molecular weight excluding hydrogens is 402 g/mol. The highest BCUT2D eigenvalue weighted by atomic mass is 32.2. The van der Waals surface area contributed by atoms with Crippen LogP contribution in [0.3, 0.4) is 0 Å². The second-order valence-corrected chi connectivity index (χ2v) is 7.28. The number of urea groups is 1. The van der Waals surface area contributed by atoms with Gasteiger partial charge in [0.2, 0.25) is 5.91 Å². The Hall–Kier alpha value is -3.27. The monoisotopic (exact) mass is 418 g/mol. The van der Waals surface area contributed by atoms with Crippen molar-refractivity contribution in [3.05, 3.63) is 64.5 Å². The predicted octanol–water partition coefficient (Wildman–Crippen LogP) is 2.60. The van der Waals surface area contributed by atoms with Crippen LogP contribution in [0.25, 0.3) is 16.6 Å². The molecule has 3 rings (SSSR count). The highest BCUT2D eigenvalue weighted by molar-refractivity contribution is 8.00. The number of amides is 3. The minimum absolute atomic E-state index is 0.0266. The molecule has 1 heterocycles. The van der Waals surface area contributed by atoms with Gasteiger partial charge in [-0.3, -0.25) is 19.5 Å². The number of rotatable bonds is 4. The van der Waals surface area contributed by atoms with Crippen LogP contribution in [0.15, 0.2) is 52.4 Å². The number of carbonyl (C=O) groups is 2. The normalized spacial score (nSPS) is 11.9. The van der Waals surface area contributed by atoms with Crippen molar-refractivity contribution in [2.45, 2.75) is 17.3 Å². The molecule has 1 aromatic heterocycles. The van der Waals surface area contributed by atoms with Gasteiger partial charge in [0.1, 0.15) is 11.6 Å². The van der Waals surface area contributed by atoms with Gasteiger partial charge in [-0.05, 0) is 31.2 Å². The van der Waals surface area contributed by atoms with E-state index >= 15 is 0 Å². The maximum atomic E-state index is 14.4. The van der Waals surface area contributed by atoms with Crippen LogP contribution >= 0.6 is 11.8 Å². The summed E-state index contributed by atoms with van der Waals surface area (Å²) in [6.45, 7) is 1.51. The molecule has 0 saturated heterocycles. The topological polar surface area (TPSA) is 93.1 Å². The molecule has 2 N–H and O–H groups in total. The number of hydrogen-bond donors (Lipinski definition) is 2. The molecule has 0 aliphatic heterocycles. The Kier molecular flexibility index (Phi) is 5.92. The molecule has 3 aromatic rings. The molecular formula is C19H16F2N4O3S. The highest BCUT2D eigenvalue weighted by Gasteiger charge is 2.22. The number of fused-ring (bicyclic) bond motifs is 1. The Bertz CT molecular complexity index is 1170. The SMILES string of the molecule is CNC(=O)NC(=O)C(C)Sc1nc2ccccc2c(=O)n1-c1ccc(F)cc1F. The van der Waals surface area contributed by atoms with Gasteiger partial charge in [0.25, 0.3) is 5.56 Å². The molecule has 0 bridgehead atoms. The van der Waals surface area contributed by atoms with E-state index in [1.54, 1.807) is 24.3 Å². The fourth-order valence-electron chi connectivity index (χ4n) is 2.55. The molecule has 7 nitrogen and oxygen atoms in total. The fourth-order valence-corrected chi connectivity index (χ4v) is 3.47. The second kappa shape index (κ2) is 8.39. The molecule has 0 radical (unpaired) electrons. The summed E-state index contributed by atoms with van der Waals surface area (Å²) in [4.78, 5) is 41.0. The van der Waals surface area contributed by atoms with Gasteiger partial charge in [0.15, 0.2) is 5.16 Å². The molecule has 29 heavy (non-hydrogen) atoms. The third-order valence-electron chi connectivity index (χ3n) is 4.01. The third kappa shape index (κ3) is 4.27. The lowest BCUT2D eigenvalue weighted by molar-refractivity contribution is -0.119. The summed E-state index contributed by atoms with van der Waals surface area (Å²) in [5.74, 6) is -2.36. The lowest BCUT2D eigenvalue weighted by Gasteiger charge is -2.16. The van der Waals surface area contributed by atoms with Gasteiger partial charge >= 0.3 is 6.03 Å². The summed E-state index contributed by atoms with van der Waals surface area (Å²) in [7, 11) is 1.36. The zero-order valence-electron chi connectivity index (χ0n) is 15.4. The number of aromatic nitrogens is 2. The van der Waals surface area contributed by atoms with Gasteiger partial charge < -0.3 is 5.32 Å². The predicted molar refractivity (Wildman–Crippen MR) is 105 cm³/mol. The lowest BCUT2D eigenvalue weighted by Crippen LogP contribution is -2.41. The van der Waals surface area contributed by atoms with Crippen molar-refractivity contribution in [1.29, 1.82) is 0 Å². The van der Waals surface area contributed by atoms with E-state index in [2.05, 4.69) is 15.6 Å². The molecule has 0 saturated carbocycles.